The van der Waals surface area contributed by atoms with Crippen LogP contribution in [0.5, 0.6) is 5.75 Å². The van der Waals surface area contributed by atoms with Crippen LogP contribution in [0.25, 0.3) is 0 Å². The van der Waals surface area contributed by atoms with Crippen LogP contribution in [0.15, 0.2) is 40.9 Å². The van der Waals surface area contributed by atoms with Crippen LogP contribution in [-0.2, 0) is 0 Å². The van der Waals surface area contributed by atoms with E-state index in [1.807, 2.05) is 0 Å². The molecule has 0 saturated heterocycles. The van der Waals surface area contributed by atoms with Gasteiger partial charge in [0, 0.05) is 15.1 Å². The SMILES string of the molecule is COc1ccc(Cl)cc1C(N)c1cc(F)ccc1Br. The first-order valence-corrected chi connectivity index (χ1v) is 6.74. The third-order valence-electron chi connectivity index (χ3n) is 2.82. The van der Waals surface area contributed by atoms with Gasteiger partial charge in [-0.2, -0.15) is 0 Å². The van der Waals surface area contributed by atoms with Crippen molar-refractivity contribution >= 4 is 27.5 Å². The molecule has 0 aliphatic rings. The molecule has 0 aliphatic heterocycles. The molecule has 2 N–H and O–H groups in total. The largest absolute Gasteiger partial charge is 0.496 e. The highest BCUT2D eigenvalue weighted by Gasteiger charge is 2.17. The number of benzene rings is 2. The van der Waals surface area contributed by atoms with Crippen LogP contribution >= 0.6 is 27.5 Å². The molecule has 0 spiro atoms. The van der Waals surface area contributed by atoms with Gasteiger partial charge in [0.2, 0.25) is 0 Å². The summed E-state index contributed by atoms with van der Waals surface area (Å²) in [5.74, 6) is 0.280. The second kappa shape index (κ2) is 5.90. The molecule has 0 aromatic heterocycles. The molecule has 2 aromatic carbocycles. The summed E-state index contributed by atoms with van der Waals surface area (Å²) in [6.07, 6.45) is 0. The zero-order valence-electron chi connectivity index (χ0n) is 10.2. The highest BCUT2D eigenvalue weighted by molar-refractivity contribution is 9.10. The Morgan fingerprint density at radius 3 is 2.63 bits per heavy atom. The normalized spacial score (nSPS) is 12.3. The fourth-order valence-corrected chi connectivity index (χ4v) is 2.54. The molecular formula is C14H12BrClFNO. The Morgan fingerprint density at radius 1 is 1.21 bits per heavy atom. The predicted molar refractivity (Wildman–Crippen MR) is 78.1 cm³/mol. The first kappa shape index (κ1) is 14.3. The maximum absolute atomic E-state index is 13.4. The molecule has 2 rings (SSSR count). The van der Waals surface area contributed by atoms with Crippen molar-refractivity contribution in [2.24, 2.45) is 5.73 Å². The number of hydrogen-bond acceptors (Lipinski definition) is 2. The topological polar surface area (TPSA) is 35.2 Å². The third-order valence-corrected chi connectivity index (χ3v) is 3.78. The van der Waals surface area contributed by atoms with E-state index in [2.05, 4.69) is 15.9 Å². The Bertz CT molecular complexity index is 606. The minimum atomic E-state index is -0.529. The highest BCUT2D eigenvalue weighted by Crippen LogP contribution is 2.34. The summed E-state index contributed by atoms with van der Waals surface area (Å²) in [5, 5.41) is 0.554. The molecule has 19 heavy (non-hydrogen) atoms. The molecule has 0 bridgehead atoms. The molecule has 0 fully saturated rings. The smallest absolute Gasteiger partial charge is 0.124 e. The van der Waals surface area contributed by atoms with E-state index in [1.54, 1.807) is 31.4 Å². The van der Waals surface area contributed by atoms with Crippen LogP contribution in [0.3, 0.4) is 0 Å². The van der Waals surface area contributed by atoms with E-state index in [1.165, 1.54) is 12.1 Å². The van der Waals surface area contributed by atoms with E-state index < -0.39 is 6.04 Å². The lowest BCUT2D eigenvalue weighted by atomic mass is 9.98. The minimum Gasteiger partial charge on any atom is -0.496 e. The molecule has 0 amide bonds. The molecule has 100 valence electrons. The Hall–Kier alpha value is -1.10. The van der Waals surface area contributed by atoms with E-state index in [9.17, 15) is 4.39 Å². The van der Waals surface area contributed by atoms with Gasteiger partial charge in [-0.25, -0.2) is 4.39 Å². The zero-order chi connectivity index (χ0) is 14.0. The van der Waals surface area contributed by atoms with Crippen molar-refractivity contribution in [1.82, 2.24) is 0 Å². The third kappa shape index (κ3) is 3.08. The Kier molecular flexibility index (Phi) is 4.45. The minimum absolute atomic E-state index is 0.338. The number of methoxy groups -OCH3 is 1. The van der Waals surface area contributed by atoms with Gasteiger partial charge in [0.15, 0.2) is 0 Å². The van der Waals surface area contributed by atoms with Crippen molar-refractivity contribution < 1.29 is 9.13 Å². The lowest BCUT2D eigenvalue weighted by Crippen LogP contribution is -2.14. The zero-order valence-corrected chi connectivity index (χ0v) is 12.5. The van der Waals surface area contributed by atoms with Crippen LogP contribution in [0.1, 0.15) is 17.2 Å². The first-order chi connectivity index (χ1) is 9.02. The summed E-state index contributed by atoms with van der Waals surface area (Å²) >= 11 is 9.35. The maximum atomic E-state index is 13.4. The monoisotopic (exact) mass is 343 g/mol. The molecule has 0 saturated carbocycles. The molecule has 0 radical (unpaired) electrons. The van der Waals surface area contributed by atoms with Gasteiger partial charge in [-0.05, 0) is 42.0 Å². The number of rotatable bonds is 3. The van der Waals surface area contributed by atoms with Crippen LogP contribution in [0, 0.1) is 5.82 Å². The molecule has 1 unspecified atom stereocenters. The molecule has 0 aliphatic carbocycles. The van der Waals surface area contributed by atoms with Crippen LogP contribution in [0.4, 0.5) is 4.39 Å². The molecule has 2 nitrogen and oxygen atoms in total. The lowest BCUT2D eigenvalue weighted by Gasteiger charge is -2.18. The second-order valence-electron chi connectivity index (χ2n) is 4.03. The van der Waals surface area contributed by atoms with Gasteiger partial charge in [-0.1, -0.05) is 27.5 Å². The molecular weight excluding hydrogens is 333 g/mol. The molecule has 2 aromatic rings. The molecule has 1 atom stereocenters. The number of hydrogen-bond donors (Lipinski definition) is 1. The van der Waals surface area contributed by atoms with E-state index in [0.29, 0.717) is 21.9 Å². The Labute approximate surface area is 124 Å². The lowest BCUT2D eigenvalue weighted by molar-refractivity contribution is 0.408. The second-order valence-corrected chi connectivity index (χ2v) is 5.32. The van der Waals surface area contributed by atoms with E-state index in [4.69, 9.17) is 22.1 Å². The van der Waals surface area contributed by atoms with E-state index in [0.717, 1.165) is 4.47 Å². The van der Waals surface area contributed by atoms with Gasteiger partial charge >= 0.3 is 0 Å². The number of nitrogens with two attached hydrogens (primary N) is 1. The highest BCUT2D eigenvalue weighted by atomic mass is 79.9. The van der Waals surface area contributed by atoms with Gasteiger partial charge in [0.1, 0.15) is 11.6 Å². The van der Waals surface area contributed by atoms with Gasteiger partial charge in [0.05, 0.1) is 13.2 Å². The Balaban J connectivity index is 2.51. The summed E-state index contributed by atoms with van der Waals surface area (Å²) < 4.78 is 19.4. The standard InChI is InChI=1S/C14H12BrClFNO/c1-19-13-5-2-8(16)6-11(13)14(18)10-7-9(17)3-4-12(10)15/h2-7,14H,18H2,1H3. The van der Waals surface area contributed by atoms with Crippen molar-refractivity contribution in [2.45, 2.75) is 6.04 Å². The average Bonchev–Trinajstić information content (AvgIpc) is 2.40. The average molecular weight is 345 g/mol. The summed E-state index contributed by atoms with van der Waals surface area (Å²) in [5.41, 5.74) is 7.54. The molecule has 0 heterocycles. The van der Waals surface area contributed by atoms with Gasteiger partial charge in [0.25, 0.3) is 0 Å². The fourth-order valence-electron chi connectivity index (χ4n) is 1.87. The van der Waals surface area contributed by atoms with Gasteiger partial charge < -0.3 is 10.5 Å². The number of ether oxygens (including phenoxy) is 1. The first-order valence-electron chi connectivity index (χ1n) is 5.57. The van der Waals surface area contributed by atoms with Crippen molar-refractivity contribution in [3.8, 4) is 5.75 Å². The van der Waals surface area contributed by atoms with Crippen LogP contribution in [0.2, 0.25) is 5.02 Å². The van der Waals surface area contributed by atoms with Crippen molar-refractivity contribution in [3.63, 3.8) is 0 Å². The quantitative estimate of drug-likeness (QED) is 0.901. The van der Waals surface area contributed by atoms with Crippen molar-refractivity contribution in [3.05, 3.63) is 62.8 Å². The van der Waals surface area contributed by atoms with E-state index >= 15 is 0 Å². The van der Waals surface area contributed by atoms with Crippen molar-refractivity contribution in [1.29, 1.82) is 0 Å². The van der Waals surface area contributed by atoms with Crippen LogP contribution in [-0.4, -0.2) is 7.11 Å². The fraction of sp³-hybridized carbons (Fsp3) is 0.143. The predicted octanol–water partition coefficient (Wildman–Crippen LogP) is 4.30. The summed E-state index contributed by atoms with van der Waals surface area (Å²) in [4.78, 5) is 0. The van der Waals surface area contributed by atoms with Crippen LogP contribution < -0.4 is 10.5 Å². The summed E-state index contributed by atoms with van der Waals surface area (Å²) in [7, 11) is 1.56. The number of halogens is 3. The molecule has 5 heteroatoms. The van der Waals surface area contributed by atoms with Crippen molar-refractivity contribution in [2.75, 3.05) is 7.11 Å². The van der Waals surface area contributed by atoms with Gasteiger partial charge in [-0.3, -0.25) is 0 Å². The van der Waals surface area contributed by atoms with E-state index in [-0.39, 0.29) is 5.82 Å². The summed E-state index contributed by atoms with van der Waals surface area (Å²) in [6, 6.07) is 9.05. The summed E-state index contributed by atoms with van der Waals surface area (Å²) in [6.45, 7) is 0. The maximum Gasteiger partial charge on any atom is 0.124 e. The Morgan fingerprint density at radius 2 is 1.95 bits per heavy atom. The van der Waals surface area contributed by atoms with Gasteiger partial charge in [-0.15, -0.1) is 0 Å².